The van der Waals surface area contributed by atoms with Crippen molar-refractivity contribution in [1.82, 2.24) is 10.3 Å². The third kappa shape index (κ3) is 4.44. The highest BCUT2D eigenvalue weighted by Gasteiger charge is 2.35. The van der Waals surface area contributed by atoms with Crippen LogP contribution in [0.15, 0.2) is 48.8 Å². The van der Waals surface area contributed by atoms with Gasteiger partial charge in [-0.3, -0.25) is 14.6 Å². The van der Waals surface area contributed by atoms with Crippen LogP contribution in [-0.2, 0) is 16.1 Å². The van der Waals surface area contributed by atoms with E-state index in [-0.39, 0.29) is 11.8 Å². The fourth-order valence-electron chi connectivity index (χ4n) is 2.79. The van der Waals surface area contributed by atoms with E-state index < -0.39 is 5.54 Å². The number of hydrogen-bond donors (Lipinski definition) is 3. The lowest BCUT2D eigenvalue weighted by Crippen LogP contribution is -2.56. The Morgan fingerprint density at radius 3 is 2.62 bits per heavy atom. The molecule has 0 spiro atoms. The summed E-state index contributed by atoms with van der Waals surface area (Å²) in [6, 6.07) is 10.6. The Bertz CT molecular complexity index is 773. The molecule has 4 N–H and O–H groups in total. The van der Waals surface area contributed by atoms with Crippen LogP contribution in [-0.4, -0.2) is 35.6 Å². The zero-order valence-corrected chi connectivity index (χ0v) is 14.4. The number of carbonyl (C=O) groups is 2. The minimum absolute atomic E-state index is 0.174. The zero-order valence-electron chi connectivity index (χ0n) is 14.4. The lowest BCUT2D eigenvalue weighted by Gasteiger charge is -2.31. The van der Waals surface area contributed by atoms with Gasteiger partial charge in [-0.1, -0.05) is 12.1 Å². The van der Waals surface area contributed by atoms with E-state index in [0.29, 0.717) is 43.9 Å². The summed E-state index contributed by atoms with van der Waals surface area (Å²) in [4.78, 5) is 28.5. The van der Waals surface area contributed by atoms with Gasteiger partial charge in [-0.15, -0.1) is 0 Å². The summed E-state index contributed by atoms with van der Waals surface area (Å²) in [5.41, 5.74) is 7.37. The standard InChI is InChI=1S/C19H22N4O3/c20-19(6-10-26-11-7-19)18(25)22-13-14-2-1-3-16(12-14)23-17(24)15-4-8-21-9-5-15/h1-5,8-9,12H,6-7,10-11,13,20H2,(H,22,25)(H,23,24). The topological polar surface area (TPSA) is 106 Å². The molecule has 7 nitrogen and oxygen atoms in total. The number of benzene rings is 1. The lowest BCUT2D eigenvalue weighted by molar-refractivity contribution is -0.129. The first kappa shape index (κ1) is 18.0. The van der Waals surface area contributed by atoms with Crippen molar-refractivity contribution >= 4 is 17.5 Å². The Balaban J connectivity index is 1.59. The van der Waals surface area contributed by atoms with Gasteiger partial charge in [0, 0.05) is 43.4 Å². The van der Waals surface area contributed by atoms with E-state index in [2.05, 4.69) is 15.6 Å². The molecule has 2 aromatic rings. The molecule has 0 unspecified atom stereocenters. The molecule has 0 bridgehead atoms. The van der Waals surface area contributed by atoms with Crippen LogP contribution in [0.5, 0.6) is 0 Å². The first-order valence-corrected chi connectivity index (χ1v) is 8.52. The number of anilines is 1. The van der Waals surface area contributed by atoms with E-state index in [0.717, 1.165) is 5.56 Å². The van der Waals surface area contributed by atoms with Gasteiger partial charge >= 0.3 is 0 Å². The molecule has 1 fully saturated rings. The summed E-state index contributed by atoms with van der Waals surface area (Å²) in [5, 5.41) is 5.72. The molecule has 136 valence electrons. The van der Waals surface area contributed by atoms with Crippen LogP contribution in [0, 0.1) is 0 Å². The predicted molar refractivity (Wildman–Crippen MR) is 97.5 cm³/mol. The normalized spacial score (nSPS) is 15.9. The molecular weight excluding hydrogens is 332 g/mol. The number of amides is 2. The predicted octanol–water partition coefficient (Wildman–Crippen LogP) is 1.46. The number of nitrogens with two attached hydrogens (primary N) is 1. The molecule has 0 saturated carbocycles. The number of rotatable bonds is 5. The van der Waals surface area contributed by atoms with Crippen LogP contribution in [0.4, 0.5) is 5.69 Å². The summed E-state index contributed by atoms with van der Waals surface area (Å²) in [6.07, 6.45) is 4.17. The van der Waals surface area contributed by atoms with E-state index >= 15 is 0 Å². The van der Waals surface area contributed by atoms with Crippen molar-refractivity contribution in [3.63, 3.8) is 0 Å². The summed E-state index contributed by atoms with van der Waals surface area (Å²) < 4.78 is 5.26. The molecular formula is C19H22N4O3. The maximum atomic E-state index is 12.4. The average Bonchev–Trinajstić information content (AvgIpc) is 2.67. The Morgan fingerprint density at radius 1 is 1.15 bits per heavy atom. The van der Waals surface area contributed by atoms with Gasteiger partial charge in [-0.2, -0.15) is 0 Å². The average molecular weight is 354 g/mol. The molecule has 1 aliphatic heterocycles. The van der Waals surface area contributed by atoms with Crippen molar-refractivity contribution in [3.05, 3.63) is 59.9 Å². The monoisotopic (exact) mass is 354 g/mol. The quantitative estimate of drug-likeness (QED) is 0.754. The minimum atomic E-state index is -0.870. The first-order chi connectivity index (χ1) is 12.6. The molecule has 0 atom stereocenters. The Kier molecular flexibility index (Phi) is 5.60. The number of carbonyl (C=O) groups excluding carboxylic acids is 2. The number of pyridine rings is 1. The van der Waals surface area contributed by atoms with Crippen molar-refractivity contribution in [2.75, 3.05) is 18.5 Å². The summed E-state index contributed by atoms with van der Waals surface area (Å²) in [7, 11) is 0. The minimum Gasteiger partial charge on any atom is -0.381 e. The molecule has 7 heteroatoms. The summed E-state index contributed by atoms with van der Waals surface area (Å²) in [6.45, 7) is 1.35. The highest BCUT2D eigenvalue weighted by atomic mass is 16.5. The van der Waals surface area contributed by atoms with E-state index in [1.165, 1.54) is 0 Å². The Morgan fingerprint density at radius 2 is 1.88 bits per heavy atom. The third-order valence-corrected chi connectivity index (χ3v) is 4.42. The number of ether oxygens (including phenoxy) is 1. The number of nitrogens with one attached hydrogen (secondary N) is 2. The largest absolute Gasteiger partial charge is 0.381 e. The molecule has 3 rings (SSSR count). The molecule has 0 radical (unpaired) electrons. The zero-order chi connectivity index (χ0) is 18.4. The van der Waals surface area contributed by atoms with Gasteiger partial charge in [0.25, 0.3) is 5.91 Å². The van der Waals surface area contributed by atoms with Crippen LogP contribution in [0.1, 0.15) is 28.8 Å². The third-order valence-electron chi connectivity index (χ3n) is 4.42. The maximum Gasteiger partial charge on any atom is 0.255 e. The van der Waals surface area contributed by atoms with Crippen LogP contribution in [0.2, 0.25) is 0 Å². The second-order valence-electron chi connectivity index (χ2n) is 6.34. The van der Waals surface area contributed by atoms with E-state index in [1.807, 2.05) is 18.2 Å². The highest BCUT2D eigenvalue weighted by molar-refractivity contribution is 6.04. The lowest BCUT2D eigenvalue weighted by atomic mass is 9.90. The van der Waals surface area contributed by atoms with Crippen molar-refractivity contribution in [2.24, 2.45) is 5.73 Å². The molecule has 1 saturated heterocycles. The van der Waals surface area contributed by atoms with E-state index in [4.69, 9.17) is 10.5 Å². The van der Waals surface area contributed by atoms with Gasteiger partial charge < -0.3 is 21.1 Å². The molecule has 2 amide bonds. The summed E-state index contributed by atoms with van der Waals surface area (Å²) in [5.74, 6) is -0.385. The van der Waals surface area contributed by atoms with Gasteiger partial charge in [-0.05, 0) is 42.7 Å². The molecule has 0 aliphatic carbocycles. The highest BCUT2D eigenvalue weighted by Crippen LogP contribution is 2.18. The SMILES string of the molecule is NC1(C(=O)NCc2cccc(NC(=O)c3ccncc3)c2)CCOCC1. The van der Waals surface area contributed by atoms with Crippen molar-refractivity contribution in [2.45, 2.75) is 24.9 Å². The fraction of sp³-hybridized carbons (Fsp3) is 0.316. The van der Waals surface area contributed by atoms with Crippen LogP contribution in [0.3, 0.4) is 0 Å². The second-order valence-corrected chi connectivity index (χ2v) is 6.34. The van der Waals surface area contributed by atoms with Gasteiger partial charge in [0.05, 0.1) is 5.54 Å². The molecule has 1 aliphatic rings. The van der Waals surface area contributed by atoms with Crippen molar-refractivity contribution in [3.8, 4) is 0 Å². The summed E-state index contributed by atoms with van der Waals surface area (Å²) >= 11 is 0. The Labute approximate surface area is 151 Å². The van der Waals surface area contributed by atoms with Crippen molar-refractivity contribution < 1.29 is 14.3 Å². The molecule has 1 aromatic heterocycles. The first-order valence-electron chi connectivity index (χ1n) is 8.52. The van der Waals surface area contributed by atoms with E-state index in [9.17, 15) is 9.59 Å². The smallest absolute Gasteiger partial charge is 0.255 e. The van der Waals surface area contributed by atoms with Crippen LogP contribution < -0.4 is 16.4 Å². The maximum absolute atomic E-state index is 12.4. The fourth-order valence-corrected chi connectivity index (χ4v) is 2.79. The second kappa shape index (κ2) is 8.07. The molecule has 1 aromatic carbocycles. The van der Waals surface area contributed by atoms with Gasteiger partial charge in [-0.25, -0.2) is 0 Å². The number of aromatic nitrogens is 1. The van der Waals surface area contributed by atoms with Crippen LogP contribution in [0.25, 0.3) is 0 Å². The van der Waals surface area contributed by atoms with Gasteiger partial charge in [0.15, 0.2) is 0 Å². The molecule has 2 heterocycles. The van der Waals surface area contributed by atoms with Crippen LogP contribution >= 0.6 is 0 Å². The number of nitrogens with zero attached hydrogens (tertiary/aromatic N) is 1. The number of hydrogen-bond acceptors (Lipinski definition) is 5. The van der Waals surface area contributed by atoms with Gasteiger partial charge in [0.2, 0.25) is 5.91 Å². The molecule has 26 heavy (non-hydrogen) atoms. The van der Waals surface area contributed by atoms with E-state index in [1.54, 1.807) is 30.6 Å². The van der Waals surface area contributed by atoms with Gasteiger partial charge in [0.1, 0.15) is 0 Å². The Hall–Kier alpha value is -2.77. The van der Waals surface area contributed by atoms with Crippen molar-refractivity contribution in [1.29, 1.82) is 0 Å².